The Kier molecular flexibility index (Phi) is 6.76. The van der Waals surface area contributed by atoms with Crippen LogP contribution in [0.1, 0.15) is 44.5 Å². The molecule has 3 aromatic heterocycles. The van der Waals surface area contributed by atoms with E-state index in [4.69, 9.17) is 9.97 Å². The second-order valence-electron chi connectivity index (χ2n) is 17.6. The van der Waals surface area contributed by atoms with E-state index >= 15 is 0 Å². The van der Waals surface area contributed by atoms with Crippen molar-refractivity contribution < 1.29 is 0 Å². The van der Waals surface area contributed by atoms with Crippen molar-refractivity contribution in [2.24, 2.45) is 0 Å². The molecule has 0 bridgehead atoms. The Balaban J connectivity index is 1.01. The number of fused-ring (bicyclic) bond motifs is 22. The second kappa shape index (κ2) is 12.4. The number of rotatable bonds is 2. The summed E-state index contributed by atoms with van der Waals surface area (Å²) < 4.78 is 2.40. The molecule has 4 aliphatic rings. The third-order valence-corrected chi connectivity index (χ3v) is 15.9. The van der Waals surface area contributed by atoms with E-state index < -0.39 is 10.8 Å². The molecule has 1 atom stereocenters. The molecule has 2 spiro atoms. The zero-order chi connectivity index (χ0) is 41.7. The molecule has 296 valence electrons. The Morgan fingerprint density at radius 2 is 0.969 bits per heavy atom. The van der Waals surface area contributed by atoms with E-state index in [0.717, 1.165) is 28.2 Å². The fourth-order valence-electron chi connectivity index (χ4n) is 12.3. The van der Waals surface area contributed by atoms with Crippen LogP contribution in [0.2, 0.25) is 0 Å². The summed E-state index contributed by atoms with van der Waals surface area (Å²) in [5, 5.41) is 2.48. The van der Waals surface area contributed by atoms with E-state index in [-0.39, 0.29) is 0 Å². The number of hydrogen-bond donors (Lipinski definition) is 0. The molecule has 0 saturated carbocycles. The van der Waals surface area contributed by atoms with Crippen LogP contribution in [0.15, 0.2) is 222 Å². The first kappa shape index (κ1) is 34.8. The maximum atomic E-state index is 5.42. The standard InChI is InChI=1S/C60H35N3S/c1-2-15-38(16-3-1)63-53-26-12-7-20-42(53)43-29-28-36(32-54(43)63)37-31-52-58(62-35-37)57-49(25-14-30-61-57)60(52)48-24-11-13-27-55(48)64-56-34-50-44(33-51(56)60)41-19-6-10-23-47(41)59(50)45-21-8-4-17-39(45)40-18-5-9-22-46(40)59/h1-35H. The van der Waals surface area contributed by atoms with Crippen molar-refractivity contribution in [3.05, 3.63) is 257 Å². The largest absolute Gasteiger partial charge is 0.309 e. The van der Waals surface area contributed by atoms with Crippen LogP contribution >= 0.6 is 11.8 Å². The first-order valence-electron chi connectivity index (χ1n) is 22.1. The number of benzene rings is 8. The molecule has 4 heteroatoms. The van der Waals surface area contributed by atoms with Gasteiger partial charge in [-0.3, -0.25) is 9.97 Å². The van der Waals surface area contributed by atoms with Crippen molar-refractivity contribution in [3.63, 3.8) is 0 Å². The summed E-state index contributed by atoms with van der Waals surface area (Å²) in [4.78, 5) is 13.1. The molecule has 11 aromatic rings. The summed E-state index contributed by atoms with van der Waals surface area (Å²) in [5.41, 5.74) is 22.1. The lowest BCUT2D eigenvalue weighted by Gasteiger charge is -2.40. The van der Waals surface area contributed by atoms with Crippen molar-refractivity contribution in [2.45, 2.75) is 20.6 Å². The maximum absolute atomic E-state index is 5.42. The molecule has 0 radical (unpaired) electrons. The minimum absolute atomic E-state index is 0.429. The lowest BCUT2D eigenvalue weighted by Crippen LogP contribution is -2.33. The van der Waals surface area contributed by atoms with Crippen molar-refractivity contribution >= 4 is 33.6 Å². The third kappa shape index (κ3) is 4.15. The van der Waals surface area contributed by atoms with Crippen LogP contribution in [-0.4, -0.2) is 14.5 Å². The van der Waals surface area contributed by atoms with Gasteiger partial charge in [0.05, 0.1) is 33.3 Å². The number of hydrogen-bond acceptors (Lipinski definition) is 3. The first-order chi connectivity index (χ1) is 31.7. The van der Waals surface area contributed by atoms with E-state index in [1.54, 1.807) is 0 Å². The second-order valence-corrected chi connectivity index (χ2v) is 18.7. The Hall–Kier alpha value is -7.79. The molecule has 3 aliphatic carbocycles. The van der Waals surface area contributed by atoms with Gasteiger partial charge in [0.2, 0.25) is 0 Å². The summed E-state index contributed by atoms with van der Waals surface area (Å²) in [6, 6.07) is 74.7. The monoisotopic (exact) mass is 829 g/mol. The van der Waals surface area contributed by atoms with Crippen molar-refractivity contribution in [1.29, 1.82) is 0 Å². The van der Waals surface area contributed by atoms with Gasteiger partial charge in [0.1, 0.15) is 0 Å². The highest BCUT2D eigenvalue weighted by molar-refractivity contribution is 7.99. The van der Waals surface area contributed by atoms with Crippen LogP contribution in [-0.2, 0) is 10.8 Å². The minimum Gasteiger partial charge on any atom is -0.309 e. The van der Waals surface area contributed by atoms with Crippen LogP contribution in [0, 0.1) is 0 Å². The molecule has 0 saturated heterocycles. The van der Waals surface area contributed by atoms with E-state index in [1.165, 1.54) is 98.4 Å². The predicted molar refractivity (Wildman–Crippen MR) is 260 cm³/mol. The smallest absolute Gasteiger partial charge is 0.0937 e. The Morgan fingerprint density at radius 3 is 1.75 bits per heavy atom. The highest BCUT2D eigenvalue weighted by Gasteiger charge is 2.55. The summed E-state index contributed by atoms with van der Waals surface area (Å²) in [6.07, 6.45) is 3.99. The first-order valence-corrected chi connectivity index (χ1v) is 22.9. The molecular weight excluding hydrogens is 795 g/mol. The van der Waals surface area contributed by atoms with Gasteiger partial charge in [-0.25, -0.2) is 0 Å². The summed E-state index contributed by atoms with van der Waals surface area (Å²) in [5.74, 6) is 0. The average molecular weight is 830 g/mol. The van der Waals surface area contributed by atoms with Gasteiger partial charge < -0.3 is 4.57 Å². The number of para-hydroxylation sites is 2. The zero-order valence-corrected chi connectivity index (χ0v) is 35.3. The van der Waals surface area contributed by atoms with E-state index in [2.05, 4.69) is 211 Å². The van der Waals surface area contributed by atoms with Gasteiger partial charge in [0.15, 0.2) is 0 Å². The summed E-state index contributed by atoms with van der Waals surface area (Å²) in [7, 11) is 0. The Bertz CT molecular complexity index is 3800. The Morgan fingerprint density at radius 1 is 0.359 bits per heavy atom. The van der Waals surface area contributed by atoms with E-state index in [9.17, 15) is 0 Å². The van der Waals surface area contributed by atoms with E-state index in [0.29, 0.717) is 0 Å². The molecular formula is C60H35N3S. The van der Waals surface area contributed by atoms with Crippen LogP contribution in [0.3, 0.4) is 0 Å². The molecule has 1 unspecified atom stereocenters. The highest BCUT2D eigenvalue weighted by atomic mass is 32.2. The molecule has 0 fully saturated rings. The van der Waals surface area contributed by atoms with Crippen LogP contribution in [0.4, 0.5) is 0 Å². The maximum Gasteiger partial charge on any atom is 0.0937 e. The summed E-state index contributed by atoms with van der Waals surface area (Å²) in [6.45, 7) is 0. The molecule has 0 amide bonds. The minimum atomic E-state index is -0.659. The normalized spacial score (nSPS) is 16.2. The SMILES string of the molecule is c1ccc(-n2c3ccccc3c3ccc(-c4cnc5c(c4)C4(c6ccccc6Sc6cc7c(cc64)-c4ccccc4C74c6ccccc6-c6ccccc64)c4cccnc4-5)cc32)cc1. The predicted octanol–water partition coefficient (Wildman–Crippen LogP) is 14.4. The van der Waals surface area contributed by atoms with Gasteiger partial charge in [-0.1, -0.05) is 157 Å². The van der Waals surface area contributed by atoms with Crippen molar-refractivity contribution in [2.75, 3.05) is 0 Å². The number of pyridine rings is 2. The molecule has 0 N–H and O–H groups in total. The number of nitrogens with zero attached hydrogens (tertiary/aromatic N) is 3. The van der Waals surface area contributed by atoms with Gasteiger partial charge in [0, 0.05) is 49.8 Å². The van der Waals surface area contributed by atoms with Crippen LogP contribution in [0.25, 0.3) is 72.3 Å². The summed E-state index contributed by atoms with van der Waals surface area (Å²) >= 11 is 1.90. The van der Waals surface area contributed by atoms with Gasteiger partial charge >= 0.3 is 0 Å². The van der Waals surface area contributed by atoms with Crippen LogP contribution < -0.4 is 0 Å². The lowest BCUT2D eigenvalue weighted by molar-refractivity contribution is 0.715. The molecule has 3 nitrogen and oxygen atoms in total. The zero-order valence-electron chi connectivity index (χ0n) is 34.5. The Labute approximate surface area is 374 Å². The fourth-order valence-corrected chi connectivity index (χ4v) is 13.6. The molecule has 64 heavy (non-hydrogen) atoms. The topological polar surface area (TPSA) is 30.7 Å². The quantitative estimate of drug-likeness (QED) is 0.174. The molecule has 15 rings (SSSR count). The molecule has 4 heterocycles. The molecule has 1 aliphatic heterocycles. The lowest BCUT2D eigenvalue weighted by atomic mass is 9.66. The van der Waals surface area contributed by atoms with Gasteiger partial charge in [0.25, 0.3) is 0 Å². The average Bonchev–Trinajstić information content (AvgIpc) is 4.04. The van der Waals surface area contributed by atoms with Gasteiger partial charge in [-0.15, -0.1) is 0 Å². The van der Waals surface area contributed by atoms with E-state index in [1.807, 2.05) is 18.0 Å². The van der Waals surface area contributed by atoms with Gasteiger partial charge in [-0.2, -0.15) is 0 Å². The molecule has 8 aromatic carbocycles. The van der Waals surface area contributed by atoms with Crippen molar-refractivity contribution in [3.8, 4) is 50.5 Å². The van der Waals surface area contributed by atoms with Crippen LogP contribution in [0.5, 0.6) is 0 Å². The highest BCUT2D eigenvalue weighted by Crippen LogP contribution is 2.67. The van der Waals surface area contributed by atoms with Crippen molar-refractivity contribution in [1.82, 2.24) is 14.5 Å². The number of aromatic nitrogens is 3. The third-order valence-electron chi connectivity index (χ3n) is 14.8. The van der Waals surface area contributed by atoms with Gasteiger partial charge in [-0.05, 0) is 121 Å². The fraction of sp³-hybridized carbons (Fsp3) is 0.0333.